The molecule has 140 valence electrons. The topological polar surface area (TPSA) is 20.3 Å². The van der Waals surface area contributed by atoms with Crippen molar-refractivity contribution < 1.29 is 4.79 Å². The van der Waals surface area contributed by atoms with Gasteiger partial charge in [-0.3, -0.25) is 4.79 Å². The number of nitrogens with zero attached hydrogens (tertiary/aromatic N) is 1. The highest BCUT2D eigenvalue weighted by molar-refractivity contribution is 6.29. The van der Waals surface area contributed by atoms with E-state index < -0.39 is 5.54 Å². The molecule has 0 N–H and O–H groups in total. The number of carbonyl (C=O) groups is 1. The Morgan fingerprint density at radius 1 is 1.04 bits per heavy atom. The second-order valence-corrected chi connectivity index (χ2v) is 9.07. The molecule has 2 heteroatoms. The summed E-state index contributed by atoms with van der Waals surface area (Å²) in [6, 6.07) is 8.61. The van der Waals surface area contributed by atoms with Crippen LogP contribution in [0.15, 0.2) is 66.0 Å². The molecule has 0 bridgehead atoms. The SMILES string of the molecule is CC(C)(C)c1ccc(C2=C(C3=CCCCC3)N3C=CC=CC3(C)C2=O)cc1. The molecule has 0 radical (unpaired) electrons. The van der Waals surface area contributed by atoms with Crippen molar-refractivity contribution in [3.05, 3.63) is 77.2 Å². The van der Waals surface area contributed by atoms with Crippen LogP contribution in [0, 0.1) is 0 Å². The van der Waals surface area contributed by atoms with Gasteiger partial charge in [-0.25, -0.2) is 0 Å². The van der Waals surface area contributed by atoms with Gasteiger partial charge in [0.2, 0.25) is 0 Å². The van der Waals surface area contributed by atoms with Gasteiger partial charge in [-0.2, -0.15) is 0 Å². The molecule has 2 heterocycles. The van der Waals surface area contributed by atoms with Crippen LogP contribution in [0.25, 0.3) is 5.57 Å². The zero-order valence-corrected chi connectivity index (χ0v) is 16.9. The van der Waals surface area contributed by atoms with E-state index in [-0.39, 0.29) is 11.2 Å². The van der Waals surface area contributed by atoms with Gasteiger partial charge in [-0.05, 0) is 60.8 Å². The summed E-state index contributed by atoms with van der Waals surface area (Å²) in [5, 5.41) is 0. The fraction of sp³-hybridized carbons (Fsp3) is 0.400. The Morgan fingerprint density at radius 2 is 1.78 bits per heavy atom. The van der Waals surface area contributed by atoms with Crippen LogP contribution in [0.1, 0.15) is 64.5 Å². The van der Waals surface area contributed by atoms with Crippen molar-refractivity contribution in [1.29, 1.82) is 0 Å². The van der Waals surface area contributed by atoms with Crippen molar-refractivity contribution in [3.63, 3.8) is 0 Å². The zero-order valence-electron chi connectivity index (χ0n) is 16.9. The zero-order chi connectivity index (χ0) is 19.2. The van der Waals surface area contributed by atoms with Crippen LogP contribution in [0.5, 0.6) is 0 Å². The molecule has 0 aromatic heterocycles. The van der Waals surface area contributed by atoms with Crippen LogP contribution in [0.3, 0.4) is 0 Å². The van der Waals surface area contributed by atoms with E-state index in [1.807, 2.05) is 25.2 Å². The van der Waals surface area contributed by atoms with Gasteiger partial charge in [0.1, 0.15) is 5.54 Å². The largest absolute Gasteiger partial charge is 0.330 e. The molecule has 0 spiro atoms. The minimum Gasteiger partial charge on any atom is -0.330 e. The average molecular weight is 360 g/mol. The lowest BCUT2D eigenvalue weighted by Gasteiger charge is -2.35. The summed E-state index contributed by atoms with van der Waals surface area (Å²) in [6.07, 6.45) is 15.1. The Balaban J connectivity index is 1.88. The van der Waals surface area contributed by atoms with Gasteiger partial charge in [-0.15, -0.1) is 0 Å². The molecule has 1 aliphatic carbocycles. The molecule has 4 rings (SSSR count). The highest BCUT2D eigenvalue weighted by atomic mass is 16.1. The van der Waals surface area contributed by atoms with Gasteiger partial charge in [0.15, 0.2) is 5.78 Å². The Morgan fingerprint density at radius 3 is 2.41 bits per heavy atom. The molecule has 1 aromatic rings. The minimum absolute atomic E-state index is 0.107. The Hall–Kier alpha value is -2.35. The summed E-state index contributed by atoms with van der Waals surface area (Å²) >= 11 is 0. The number of benzene rings is 1. The summed E-state index contributed by atoms with van der Waals surface area (Å²) in [4.78, 5) is 15.8. The van der Waals surface area contributed by atoms with Gasteiger partial charge in [0, 0.05) is 6.20 Å². The van der Waals surface area contributed by atoms with Crippen molar-refractivity contribution in [2.75, 3.05) is 0 Å². The van der Waals surface area contributed by atoms with Crippen LogP contribution in [0.2, 0.25) is 0 Å². The van der Waals surface area contributed by atoms with E-state index in [4.69, 9.17) is 0 Å². The van der Waals surface area contributed by atoms with Crippen LogP contribution in [-0.4, -0.2) is 16.2 Å². The predicted molar refractivity (Wildman–Crippen MR) is 112 cm³/mol. The molecule has 2 aliphatic heterocycles. The maximum absolute atomic E-state index is 13.6. The van der Waals surface area contributed by atoms with Crippen molar-refractivity contribution in [3.8, 4) is 0 Å². The van der Waals surface area contributed by atoms with Gasteiger partial charge in [0.05, 0.1) is 11.3 Å². The van der Waals surface area contributed by atoms with Crippen molar-refractivity contribution in [1.82, 2.24) is 4.90 Å². The molecule has 1 atom stereocenters. The second kappa shape index (κ2) is 6.37. The van der Waals surface area contributed by atoms with E-state index in [0.717, 1.165) is 29.7 Å². The number of ketones is 1. The summed E-state index contributed by atoms with van der Waals surface area (Å²) < 4.78 is 0. The minimum atomic E-state index is -0.611. The Labute approximate surface area is 163 Å². The first-order chi connectivity index (χ1) is 12.8. The summed E-state index contributed by atoms with van der Waals surface area (Å²) in [7, 11) is 0. The predicted octanol–water partition coefficient (Wildman–Crippen LogP) is 5.92. The quantitative estimate of drug-likeness (QED) is 0.653. The maximum atomic E-state index is 13.6. The normalized spacial score (nSPS) is 25.1. The average Bonchev–Trinajstić information content (AvgIpc) is 2.90. The lowest BCUT2D eigenvalue weighted by Crippen LogP contribution is -2.43. The molecule has 27 heavy (non-hydrogen) atoms. The monoisotopic (exact) mass is 359 g/mol. The number of carbonyl (C=O) groups excluding carboxylic acids is 1. The summed E-state index contributed by atoms with van der Waals surface area (Å²) in [5.74, 6) is 0.202. The third-order valence-electron chi connectivity index (χ3n) is 6.07. The van der Waals surface area contributed by atoms with E-state index in [1.54, 1.807) is 0 Å². The van der Waals surface area contributed by atoms with Crippen molar-refractivity contribution in [2.24, 2.45) is 0 Å². The highest BCUT2D eigenvalue weighted by Gasteiger charge is 2.48. The van der Waals surface area contributed by atoms with Gasteiger partial charge >= 0.3 is 0 Å². The summed E-state index contributed by atoms with van der Waals surface area (Å²) in [5.41, 5.74) is 5.14. The third kappa shape index (κ3) is 2.92. The fourth-order valence-electron chi connectivity index (χ4n) is 4.36. The molecule has 1 unspecified atom stereocenters. The Kier molecular flexibility index (Phi) is 4.25. The van der Waals surface area contributed by atoms with Crippen LogP contribution >= 0.6 is 0 Å². The van der Waals surface area contributed by atoms with E-state index >= 15 is 0 Å². The number of hydrogen-bond acceptors (Lipinski definition) is 2. The van der Waals surface area contributed by atoms with Crippen LogP contribution in [0.4, 0.5) is 0 Å². The van der Waals surface area contributed by atoms with Crippen LogP contribution < -0.4 is 0 Å². The third-order valence-corrected chi connectivity index (χ3v) is 6.07. The summed E-state index contributed by atoms with van der Waals surface area (Å²) in [6.45, 7) is 8.70. The fourth-order valence-corrected chi connectivity index (χ4v) is 4.36. The first-order valence-electron chi connectivity index (χ1n) is 10.1. The number of fused-ring (bicyclic) bond motifs is 1. The van der Waals surface area contributed by atoms with Gasteiger partial charge in [0.25, 0.3) is 0 Å². The van der Waals surface area contributed by atoms with E-state index in [0.29, 0.717) is 0 Å². The van der Waals surface area contributed by atoms with Gasteiger partial charge in [-0.1, -0.05) is 63.3 Å². The smallest absolute Gasteiger partial charge is 0.195 e. The molecular weight excluding hydrogens is 330 g/mol. The molecule has 1 aromatic carbocycles. The molecule has 0 saturated carbocycles. The van der Waals surface area contributed by atoms with Crippen molar-refractivity contribution in [2.45, 2.75) is 64.3 Å². The molecule has 2 nitrogen and oxygen atoms in total. The highest BCUT2D eigenvalue weighted by Crippen LogP contribution is 2.46. The van der Waals surface area contributed by atoms with Crippen LogP contribution in [-0.2, 0) is 10.2 Å². The van der Waals surface area contributed by atoms with E-state index in [2.05, 4.69) is 62.2 Å². The number of Topliss-reactive ketones (excluding diaryl/α,β-unsaturated/α-hetero) is 1. The maximum Gasteiger partial charge on any atom is 0.195 e. The standard InChI is InChI=1S/C25H29NO/c1-24(2,3)20-14-12-18(13-15-20)21-22(19-10-6-5-7-11-19)26-17-9-8-16-25(26,4)23(21)27/h8-10,12-17H,5-7,11H2,1-4H3. The number of rotatable bonds is 2. The van der Waals surface area contributed by atoms with Gasteiger partial charge < -0.3 is 4.90 Å². The lowest BCUT2D eigenvalue weighted by atomic mass is 9.84. The second-order valence-electron chi connectivity index (χ2n) is 9.07. The number of allylic oxidation sites excluding steroid dienone is 4. The molecule has 0 saturated heterocycles. The molecule has 0 fully saturated rings. The van der Waals surface area contributed by atoms with E-state index in [1.165, 1.54) is 24.0 Å². The molecular formula is C25H29NO. The first kappa shape index (κ1) is 18.0. The lowest BCUT2D eigenvalue weighted by molar-refractivity contribution is -0.118. The number of hydrogen-bond donors (Lipinski definition) is 0. The molecule has 0 amide bonds. The van der Waals surface area contributed by atoms with Crippen molar-refractivity contribution >= 4 is 11.4 Å². The van der Waals surface area contributed by atoms with E-state index in [9.17, 15) is 4.79 Å². The molecule has 3 aliphatic rings. The first-order valence-corrected chi connectivity index (χ1v) is 10.1. The Bertz CT molecular complexity index is 889.